The number of nitrogen functional groups attached to an aromatic ring is 1. The van der Waals surface area contributed by atoms with Gasteiger partial charge < -0.3 is 11.1 Å². The second kappa shape index (κ2) is 4.61. The maximum atomic E-state index is 11.9. The van der Waals surface area contributed by atoms with Crippen molar-refractivity contribution in [2.45, 2.75) is 39.4 Å². The normalized spacial score (nSPS) is 15.5. The molecule has 98 valence electrons. The SMILES string of the molecule is CC(C)(C)NC(=O)CN1Cc2ccc(N)cc2C1. The lowest BCUT2D eigenvalue weighted by atomic mass is 10.1. The Morgan fingerprint density at radius 3 is 2.67 bits per heavy atom. The van der Waals surface area contributed by atoms with E-state index in [1.165, 1.54) is 11.1 Å². The molecule has 0 spiro atoms. The summed E-state index contributed by atoms with van der Waals surface area (Å²) in [6.45, 7) is 8.04. The number of nitrogens with zero attached hydrogens (tertiary/aromatic N) is 1. The van der Waals surface area contributed by atoms with Gasteiger partial charge in [0.05, 0.1) is 6.54 Å². The van der Waals surface area contributed by atoms with E-state index < -0.39 is 0 Å². The molecule has 0 fully saturated rings. The smallest absolute Gasteiger partial charge is 0.234 e. The molecule has 1 aliphatic heterocycles. The lowest BCUT2D eigenvalue weighted by Gasteiger charge is -2.22. The Bertz CT molecular complexity index is 463. The van der Waals surface area contributed by atoms with E-state index in [1.54, 1.807) is 0 Å². The fourth-order valence-electron chi connectivity index (χ4n) is 2.26. The zero-order valence-corrected chi connectivity index (χ0v) is 11.3. The number of fused-ring (bicyclic) bond motifs is 1. The molecular formula is C14H21N3O. The highest BCUT2D eigenvalue weighted by Gasteiger charge is 2.22. The number of carbonyl (C=O) groups excluding carboxylic acids is 1. The minimum absolute atomic E-state index is 0.0725. The van der Waals surface area contributed by atoms with Gasteiger partial charge in [-0.1, -0.05) is 6.07 Å². The van der Waals surface area contributed by atoms with E-state index in [4.69, 9.17) is 5.73 Å². The molecule has 0 unspecified atom stereocenters. The lowest BCUT2D eigenvalue weighted by Crippen LogP contribution is -2.45. The molecule has 2 rings (SSSR count). The van der Waals surface area contributed by atoms with Crippen molar-refractivity contribution in [3.05, 3.63) is 29.3 Å². The highest BCUT2D eigenvalue weighted by molar-refractivity contribution is 5.78. The predicted molar refractivity (Wildman–Crippen MR) is 72.9 cm³/mol. The molecule has 0 saturated carbocycles. The summed E-state index contributed by atoms with van der Waals surface area (Å²) in [7, 11) is 0. The van der Waals surface area contributed by atoms with Gasteiger partial charge in [0, 0.05) is 24.3 Å². The summed E-state index contributed by atoms with van der Waals surface area (Å²) in [6.07, 6.45) is 0. The van der Waals surface area contributed by atoms with E-state index in [-0.39, 0.29) is 11.4 Å². The fourth-order valence-corrected chi connectivity index (χ4v) is 2.26. The van der Waals surface area contributed by atoms with Crippen molar-refractivity contribution in [3.8, 4) is 0 Å². The zero-order valence-electron chi connectivity index (χ0n) is 11.3. The number of nitrogens with one attached hydrogen (secondary N) is 1. The predicted octanol–water partition coefficient (Wildman–Crippen LogP) is 1.50. The molecule has 0 aliphatic carbocycles. The van der Waals surface area contributed by atoms with Crippen LogP contribution >= 0.6 is 0 Å². The highest BCUT2D eigenvalue weighted by Crippen LogP contribution is 2.24. The second-order valence-corrected chi connectivity index (χ2v) is 5.97. The summed E-state index contributed by atoms with van der Waals surface area (Å²) < 4.78 is 0. The van der Waals surface area contributed by atoms with Crippen molar-refractivity contribution in [1.29, 1.82) is 0 Å². The standard InChI is InChI=1S/C14H21N3O/c1-14(2,3)16-13(18)9-17-7-10-4-5-12(15)6-11(10)8-17/h4-6H,7-9,15H2,1-3H3,(H,16,18). The number of hydrogen-bond donors (Lipinski definition) is 2. The Kier molecular flexibility index (Phi) is 3.30. The Morgan fingerprint density at radius 2 is 2.00 bits per heavy atom. The lowest BCUT2D eigenvalue weighted by molar-refractivity contribution is -0.123. The first kappa shape index (κ1) is 12.9. The van der Waals surface area contributed by atoms with Crippen LogP contribution in [0.2, 0.25) is 0 Å². The van der Waals surface area contributed by atoms with Crippen molar-refractivity contribution in [3.63, 3.8) is 0 Å². The van der Waals surface area contributed by atoms with E-state index in [9.17, 15) is 4.79 Å². The van der Waals surface area contributed by atoms with Crippen LogP contribution < -0.4 is 11.1 Å². The van der Waals surface area contributed by atoms with E-state index in [1.807, 2.05) is 39.0 Å². The van der Waals surface area contributed by atoms with Crippen LogP contribution in [0.25, 0.3) is 0 Å². The third-order valence-corrected chi connectivity index (χ3v) is 2.90. The number of benzene rings is 1. The Labute approximate surface area is 108 Å². The summed E-state index contributed by atoms with van der Waals surface area (Å²) in [5.74, 6) is 0.0725. The van der Waals surface area contributed by atoms with E-state index in [0.717, 1.165) is 18.8 Å². The number of amides is 1. The molecule has 0 saturated heterocycles. The molecule has 1 aromatic carbocycles. The third-order valence-electron chi connectivity index (χ3n) is 2.90. The van der Waals surface area contributed by atoms with Gasteiger partial charge in [-0.25, -0.2) is 0 Å². The van der Waals surface area contributed by atoms with Crippen molar-refractivity contribution < 1.29 is 4.79 Å². The van der Waals surface area contributed by atoms with Crippen molar-refractivity contribution in [2.75, 3.05) is 12.3 Å². The largest absolute Gasteiger partial charge is 0.399 e. The van der Waals surface area contributed by atoms with Crippen LogP contribution in [0.5, 0.6) is 0 Å². The Morgan fingerprint density at radius 1 is 1.33 bits per heavy atom. The molecule has 4 nitrogen and oxygen atoms in total. The molecule has 4 heteroatoms. The molecule has 18 heavy (non-hydrogen) atoms. The quantitative estimate of drug-likeness (QED) is 0.779. The van der Waals surface area contributed by atoms with Crippen LogP contribution in [0.1, 0.15) is 31.9 Å². The van der Waals surface area contributed by atoms with Crippen LogP contribution in [-0.2, 0) is 17.9 Å². The van der Waals surface area contributed by atoms with E-state index in [2.05, 4.69) is 10.2 Å². The van der Waals surface area contributed by atoms with Crippen molar-refractivity contribution >= 4 is 11.6 Å². The minimum atomic E-state index is -0.173. The summed E-state index contributed by atoms with van der Waals surface area (Å²) in [5, 5.41) is 2.98. The van der Waals surface area contributed by atoms with Gasteiger partial charge in [-0.2, -0.15) is 0 Å². The maximum Gasteiger partial charge on any atom is 0.234 e. The van der Waals surface area contributed by atoms with Gasteiger partial charge in [0.15, 0.2) is 0 Å². The first-order valence-corrected chi connectivity index (χ1v) is 6.24. The van der Waals surface area contributed by atoms with Crippen LogP contribution in [-0.4, -0.2) is 22.9 Å². The monoisotopic (exact) mass is 247 g/mol. The summed E-state index contributed by atoms with van der Waals surface area (Å²) in [5.41, 5.74) is 8.88. The molecule has 0 radical (unpaired) electrons. The van der Waals surface area contributed by atoms with Gasteiger partial charge in [0.25, 0.3) is 0 Å². The van der Waals surface area contributed by atoms with Crippen molar-refractivity contribution in [2.24, 2.45) is 0 Å². The molecule has 0 aromatic heterocycles. The Balaban J connectivity index is 1.94. The minimum Gasteiger partial charge on any atom is -0.399 e. The maximum absolute atomic E-state index is 11.9. The van der Waals surface area contributed by atoms with Gasteiger partial charge in [0.2, 0.25) is 5.91 Å². The molecule has 0 atom stereocenters. The number of anilines is 1. The fraction of sp³-hybridized carbons (Fsp3) is 0.500. The summed E-state index contributed by atoms with van der Waals surface area (Å²) in [4.78, 5) is 14.0. The van der Waals surface area contributed by atoms with Crippen LogP contribution in [0.3, 0.4) is 0 Å². The topological polar surface area (TPSA) is 58.4 Å². The highest BCUT2D eigenvalue weighted by atomic mass is 16.2. The molecule has 1 heterocycles. The van der Waals surface area contributed by atoms with E-state index in [0.29, 0.717) is 6.54 Å². The number of nitrogens with two attached hydrogens (primary N) is 1. The average Bonchev–Trinajstić information content (AvgIpc) is 2.55. The molecule has 1 aliphatic rings. The first-order chi connectivity index (χ1) is 8.33. The molecule has 1 aromatic rings. The Hall–Kier alpha value is -1.55. The number of hydrogen-bond acceptors (Lipinski definition) is 3. The van der Waals surface area contributed by atoms with Gasteiger partial charge in [-0.15, -0.1) is 0 Å². The summed E-state index contributed by atoms with van der Waals surface area (Å²) in [6, 6.07) is 5.96. The van der Waals surface area contributed by atoms with Gasteiger partial charge in [-0.05, 0) is 44.0 Å². The molecule has 1 amide bonds. The van der Waals surface area contributed by atoms with Crippen LogP contribution in [0.15, 0.2) is 18.2 Å². The van der Waals surface area contributed by atoms with Gasteiger partial charge in [-0.3, -0.25) is 9.69 Å². The van der Waals surface area contributed by atoms with Crippen LogP contribution in [0.4, 0.5) is 5.69 Å². The second-order valence-electron chi connectivity index (χ2n) is 5.97. The molecule has 0 bridgehead atoms. The molecule has 3 N–H and O–H groups in total. The summed E-state index contributed by atoms with van der Waals surface area (Å²) >= 11 is 0. The van der Waals surface area contributed by atoms with E-state index >= 15 is 0 Å². The zero-order chi connectivity index (χ0) is 13.3. The number of carbonyl (C=O) groups is 1. The van der Waals surface area contributed by atoms with Crippen molar-refractivity contribution in [1.82, 2.24) is 10.2 Å². The van der Waals surface area contributed by atoms with Gasteiger partial charge >= 0.3 is 0 Å². The number of rotatable bonds is 2. The average molecular weight is 247 g/mol. The van der Waals surface area contributed by atoms with Crippen LogP contribution in [0, 0.1) is 0 Å². The first-order valence-electron chi connectivity index (χ1n) is 6.24. The van der Waals surface area contributed by atoms with Gasteiger partial charge in [0.1, 0.15) is 0 Å². The molecular weight excluding hydrogens is 226 g/mol. The third kappa shape index (κ3) is 3.23.